The van der Waals surface area contributed by atoms with Gasteiger partial charge < -0.3 is 5.11 Å². The predicted molar refractivity (Wildman–Crippen MR) is 97.1 cm³/mol. The normalized spacial score (nSPS) is 30.2. The second-order valence-electron chi connectivity index (χ2n) is 8.93. The van der Waals surface area contributed by atoms with Gasteiger partial charge in [-0.3, -0.25) is 9.59 Å². The van der Waals surface area contributed by atoms with Gasteiger partial charge in [-0.05, 0) is 71.8 Å². The third-order valence-corrected chi connectivity index (χ3v) is 7.07. The van der Waals surface area contributed by atoms with E-state index in [9.17, 15) is 14.7 Å². The van der Waals surface area contributed by atoms with Gasteiger partial charge in [0.15, 0.2) is 11.6 Å². The molecule has 3 aliphatic carbocycles. The van der Waals surface area contributed by atoms with E-state index in [2.05, 4.69) is 20.8 Å². The Morgan fingerprint density at radius 1 is 1.12 bits per heavy atom. The molecule has 1 aromatic carbocycles. The number of aliphatic hydroxyl groups excluding tert-OH is 1. The molecule has 0 heterocycles. The summed E-state index contributed by atoms with van der Waals surface area (Å²) in [5.74, 6) is 0.260. The maximum Gasteiger partial charge on any atom is 0.192 e. The Morgan fingerprint density at radius 2 is 1.88 bits per heavy atom. The van der Waals surface area contributed by atoms with Gasteiger partial charge in [-0.2, -0.15) is 0 Å². The minimum Gasteiger partial charge on any atom is -0.392 e. The number of carbonyl (C=O) groups excluding carboxylic acids is 2. The molecule has 0 radical (unpaired) electrons. The Morgan fingerprint density at radius 3 is 2.60 bits per heavy atom. The number of aliphatic hydroxyl groups is 1. The molecular weight excluding hydrogens is 312 g/mol. The van der Waals surface area contributed by atoms with Gasteiger partial charge in [0, 0.05) is 16.7 Å². The molecule has 3 heteroatoms. The van der Waals surface area contributed by atoms with Crippen molar-refractivity contribution >= 4 is 11.6 Å². The molecule has 0 aliphatic heterocycles. The van der Waals surface area contributed by atoms with E-state index in [-0.39, 0.29) is 29.2 Å². The van der Waals surface area contributed by atoms with Gasteiger partial charge in [-0.25, -0.2) is 0 Å². The van der Waals surface area contributed by atoms with E-state index in [1.807, 2.05) is 12.1 Å². The van der Waals surface area contributed by atoms with Gasteiger partial charge >= 0.3 is 0 Å². The first-order valence-electron chi connectivity index (χ1n) is 9.36. The van der Waals surface area contributed by atoms with E-state index in [4.69, 9.17) is 0 Å². The minimum absolute atomic E-state index is 0.0780. The summed E-state index contributed by atoms with van der Waals surface area (Å²) in [6, 6.07) is 3.94. The lowest BCUT2D eigenvalue weighted by Crippen LogP contribution is -2.48. The Balaban J connectivity index is 1.88. The molecule has 0 saturated heterocycles. The van der Waals surface area contributed by atoms with Crippen molar-refractivity contribution in [1.82, 2.24) is 0 Å². The lowest BCUT2D eigenvalue weighted by molar-refractivity contribution is 0.0406. The minimum atomic E-state index is -0.380. The van der Waals surface area contributed by atoms with E-state index in [1.165, 1.54) is 30.0 Å². The predicted octanol–water partition coefficient (Wildman–Crippen LogP) is 4.01. The molecule has 25 heavy (non-hydrogen) atoms. The van der Waals surface area contributed by atoms with Crippen molar-refractivity contribution < 1.29 is 14.7 Å². The monoisotopic (exact) mass is 338 g/mol. The summed E-state index contributed by atoms with van der Waals surface area (Å²) >= 11 is 0. The van der Waals surface area contributed by atoms with Gasteiger partial charge in [-0.15, -0.1) is 0 Å². The zero-order valence-corrected chi connectivity index (χ0v) is 15.3. The second-order valence-corrected chi connectivity index (χ2v) is 8.93. The standard InChI is InChI=1S/C22H26O3/c1-21(2)7-4-8-22(3)17-11-15-16(9-13(17)5-6-19(21)22)20(25)14(12-23)10-18(15)24/h9-11,19,23H,4-8,12H2,1-3H3. The average molecular weight is 338 g/mol. The number of rotatable bonds is 1. The van der Waals surface area contributed by atoms with Crippen molar-refractivity contribution in [2.45, 2.75) is 58.3 Å². The highest BCUT2D eigenvalue weighted by Gasteiger charge is 2.50. The SMILES string of the molecule is CC1(C)CCCC2(C)c3cc4c(cc3CCC12)C(=O)C(CO)=CC4=O. The van der Waals surface area contributed by atoms with Crippen LogP contribution in [0.15, 0.2) is 23.8 Å². The van der Waals surface area contributed by atoms with Crippen LogP contribution in [-0.2, 0) is 11.8 Å². The Labute approximate surface area is 149 Å². The van der Waals surface area contributed by atoms with Crippen LogP contribution in [0.2, 0.25) is 0 Å². The fourth-order valence-corrected chi connectivity index (χ4v) is 5.82. The van der Waals surface area contributed by atoms with Crippen LogP contribution >= 0.6 is 0 Å². The topological polar surface area (TPSA) is 54.4 Å². The third kappa shape index (κ3) is 2.28. The van der Waals surface area contributed by atoms with Gasteiger partial charge in [0.25, 0.3) is 0 Å². The maximum atomic E-state index is 12.6. The number of hydrogen-bond donors (Lipinski definition) is 1. The molecule has 1 aromatic rings. The average Bonchev–Trinajstić information content (AvgIpc) is 2.56. The Kier molecular flexibility index (Phi) is 3.59. The summed E-state index contributed by atoms with van der Waals surface area (Å²) in [6.45, 7) is 6.73. The maximum absolute atomic E-state index is 12.6. The zero-order valence-electron chi connectivity index (χ0n) is 15.3. The lowest BCUT2D eigenvalue weighted by Gasteiger charge is -2.54. The molecule has 132 valence electrons. The Bertz CT molecular complexity index is 815. The van der Waals surface area contributed by atoms with Gasteiger partial charge in [0.2, 0.25) is 0 Å². The van der Waals surface area contributed by atoms with Gasteiger partial charge in [0.05, 0.1) is 6.61 Å². The quantitative estimate of drug-likeness (QED) is 0.841. The van der Waals surface area contributed by atoms with Crippen molar-refractivity contribution in [2.24, 2.45) is 11.3 Å². The number of carbonyl (C=O) groups is 2. The van der Waals surface area contributed by atoms with Crippen molar-refractivity contribution in [2.75, 3.05) is 6.61 Å². The summed E-state index contributed by atoms with van der Waals surface area (Å²) in [7, 11) is 0. The molecule has 4 rings (SSSR count). The molecule has 3 nitrogen and oxygen atoms in total. The van der Waals surface area contributed by atoms with Crippen LogP contribution in [0.3, 0.4) is 0 Å². The van der Waals surface area contributed by atoms with Gasteiger partial charge in [0.1, 0.15) is 0 Å². The summed E-state index contributed by atoms with van der Waals surface area (Å²) in [6.07, 6.45) is 7.02. The van der Waals surface area contributed by atoms with E-state index in [0.29, 0.717) is 22.5 Å². The van der Waals surface area contributed by atoms with Crippen LogP contribution in [0.25, 0.3) is 0 Å². The first-order valence-corrected chi connectivity index (χ1v) is 9.36. The molecular formula is C22H26O3. The van der Waals surface area contributed by atoms with Crippen LogP contribution in [0, 0.1) is 11.3 Å². The molecule has 3 aliphatic rings. The lowest BCUT2D eigenvalue weighted by atomic mass is 9.50. The summed E-state index contributed by atoms with van der Waals surface area (Å²) in [4.78, 5) is 25.1. The summed E-state index contributed by atoms with van der Waals surface area (Å²) in [5, 5.41) is 9.35. The largest absolute Gasteiger partial charge is 0.392 e. The number of aryl methyl sites for hydroxylation is 1. The molecule has 0 amide bonds. The molecule has 2 atom stereocenters. The smallest absolute Gasteiger partial charge is 0.192 e. The summed E-state index contributed by atoms with van der Waals surface area (Å²) < 4.78 is 0. The molecule has 0 bridgehead atoms. The van der Waals surface area contributed by atoms with Crippen molar-refractivity contribution in [1.29, 1.82) is 0 Å². The highest BCUT2D eigenvalue weighted by molar-refractivity contribution is 6.24. The third-order valence-electron chi connectivity index (χ3n) is 7.07. The first-order chi connectivity index (χ1) is 11.8. The second kappa shape index (κ2) is 5.38. The van der Waals surface area contributed by atoms with E-state index in [0.717, 1.165) is 19.3 Å². The molecule has 0 spiro atoms. The highest BCUT2D eigenvalue weighted by Crippen LogP contribution is 2.57. The van der Waals surface area contributed by atoms with Crippen LogP contribution in [0.1, 0.15) is 78.3 Å². The van der Waals surface area contributed by atoms with Crippen LogP contribution < -0.4 is 0 Å². The van der Waals surface area contributed by atoms with Crippen LogP contribution in [-0.4, -0.2) is 23.3 Å². The van der Waals surface area contributed by atoms with Crippen molar-refractivity contribution in [3.8, 4) is 0 Å². The number of hydrogen-bond acceptors (Lipinski definition) is 3. The van der Waals surface area contributed by atoms with E-state index >= 15 is 0 Å². The first kappa shape index (κ1) is 16.7. The highest BCUT2D eigenvalue weighted by atomic mass is 16.3. The van der Waals surface area contributed by atoms with Crippen molar-refractivity contribution in [3.05, 3.63) is 46.0 Å². The number of Topliss-reactive ketones (excluding diaryl/α,β-unsaturated/α-hetero) is 1. The molecule has 1 N–H and O–H groups in total. The van der Waals surface area contributed by atoms with Crippen LogP contribution in [0.5, 0.6) is 0 Å². The number of fused-ring (bicyclic) bond motifs is 4. The van der Waals surface area contributed by atoms with Crippen LogP contribution in [0.4, 0.5) is 0 Å². The fraction of sp³-hybridized carbons (Fsp3) is 0.545. The number of ketones is 2. The van der Waals surface area contributed by atoms with E-state index in [1.54, 1.807) is 0 Å². The van der Waals surface area contributed by atoms with Gasteiger partial charge in [-0.1, -0.05) is 27.2 Å². The molecule has 1 fully saturated rings. The van der Waals surface area contributed by atoms with E-state index < -0.39 is 0 Å². The molecule has 0 aromatic heterocycles. The number of benzene rings is 1. The molecule has 2 unspecified atom stereocenters. The Hall–Kier alpha value is -1.74. The van der Waals surface area contributed by atoms with Crippen molar-refractivity contribution in [3.63, 3.8) is 0 Å². The fourth-order valence-electron chi connectivity index (χ4n) is 5.82. The summed E-state index contributed by atoms with van der Waals surface area (Å²) in [5.41, 5.74) is 4.08. The zero-order chi connectivity index (χ0) is 18.0. The molecule has 1 saturated carbocycles. The number of allylic oxidation sites excluding steroid dienone is 1.